The summed E-state index contributed by atoms with van der Waals surface area (Å²) in [7, 11) is 0. The number of rotatable bonds is 4. The molecule has 2 rings (SSSR count). The van der Waals surface area contributed by atoms with E-state index in [1.54, 1.807) is 0 Å². The SMILES string of the molecule is Ic1cnc(NCCC2CCCC2)nc1. The molecule has 1 aromatic rings. The van der Waals surface area contributed by atoms with E-state index in [1.165, 1.54) is 32.1 Å². The molecular weight excluding hydrogens is 301 g/mol. The summed E-state index contributed by atoms with van der Waals surface area (Å²) >= 11 is 2.21. The zero-order chi connectivity index (χ0) is 10.5. The van der Waals surface area contributed by atoms with Crippen LogP contribution in [0.3, 0.4) is 0 Å². The molecule has 0 aromatic carbocycles. The Morgan fingerprint density at radius 3 is 2.60 bits per heavy atom. The topological polar surface area (TPSA) is 37.8 Å². The highest BCUT2D eigenvalue weighted by Gasteiger charge is 2.14. The summed E-state index contributed by atoms with van der Waals surface area (Å²) in [5.74, 6) is 1.69. The van der Waals surface area contributed by atoms with E-state index in [4.69, 9.17) is 0 Å². The molecule has 1 aromatic heterocycles. The van der Waals surface area contributed by atoms with E-state index in [9.17, 15) is 0 Å². The summed E-state index contributed by atoms with van der Waals surface area (Å²) < 4.78 is 1.08. The Bertz CT molecular complexity index is 293. The minimum Gasteiger partial charge on any atom is -0.354 e. The van der Waals surface area contributed by atoms with Crippen molar-refractivity contribution in [2.45, 2.75) is 32.1 Å². The van der Waals surface area contributed by atoms with E-state index in [-0.39, 0.29) is 0 Å². The smallest absolute Gasteiger partial charge is 0.222 e. The van der Waals surface area contributed by atoms with Crippen LogP contribution in [-0.4, -0.2) is 16.5 Å². The van der Waals surface area contributed by atoms with Gasteiger partial charge in [-0.15, -0.1) is 0 Å². The van der Waals surface area contributed by atoms with E-state index in [1.807, 2.05) is 12.4 Å². The van der Waals surface area contributed by atoms with Crippen LogP contribution in [-0.2, 0) is 0 Å². The van der Waals surface area contributed by atoms with Crippen molar-refractivity contribution in [3.63, 3.8) is 0 Å². The molecule has 1 saturated carbocycles. The molecular formula is C11H16IN3. The number of hydrogen-bond donors (Lipinski definition) is 1. The van der Waals surface area contributed by atoms with Crippen molar-refractivity contribution in [3.8, 4) is 0 Å². The predicted molar refractivity (Wildman–Crippen MR) is 69.8 cm³/mol. The van der Waals surface area contributed by atoms with Crippen LogP contribution in [0.2, 0.25) is 0 Å². The van der Waals surface area contributed by atoms with Crippen LogP contribution in [0.15, 0.2) is 12.4 Å². The van der Waals surface area contributed by atoms with Crippen molar-refractivity contribution in [1.29, 1.82) is 0 Å². The summed E-state index contributed by atoms with van der Waals surface area (Å²) in [6, 6.07) is 0. The molecule has 82 valence electrons. The van der Waals surface area contributed by atoms with Crippen LogP contribution in [0.5, 0.6) is 0 Å². The van der Waals surface area contributed by atoms with Gasteiger partial charge in [-0.1, -0.05) is 25.7 Å². The van der Waals surface area contributed by atoms with Gasteiger partial charge in [-0.25, -0.2) is 9.97 Å². The molecule has 0 bridgehead atoms. The predicted octanol–water partition coefficient (Wildman–Crippen LogP) is 3.07. The molecule has 1 heterocycles. The second-order valence-electron chi connectivity index (χ2n) is 4.09. The number of nitrogens with zero attached hydrogens (tertiary/aromatic N) is 2. The minimum absolute atomic E-state index is 0.758. The maximum absolute atomic E-state index is 4.21. The van der Waals surface area contributed by atoms with Crippen LogP contribution in [0.25, 0.3) is 0 Å². The summed E-state index contributed by atoms with van der Waals surface area (Å²) in [5, 5.41) is 3.27. The first kappa shape index (κ1) is 11.1. The van der Waals surface area contributed by atoms with Crippen LogP contribution >= 0.6 is 22.6 Å². The fraction of sp³-hybridized carbons (Fsp3) is 0.636. The lowest BCUT2D eigenvalue weighted by Crippen LogP contribution is -2.08. The van der Waals surface area contributed by atoms with Crippen molar-refractivity contribution in [1.82, 2.24) is 9.97 Å². The fourth-order valence-electron chi connectivity index (χ4n) is 2.09. The third kappa shape index (κ3) is 3.59. The molecule has 1 fully saturated rings. The van der Waals surface area contributed by atoms with Crippen molar-refractivity contribution in [2.24, 2.45) is 5.92 Å². The molecule has 1 N–H and O–H groups in total. The van der Waals surface area contributed by atoms with E-state index >= 15 is 0 Å². The maximum atomic E-state index is 4.21. The van der Waals surface area contributed by atoms with Crippen molar-refractivity contribution < 1.29 is 0 Å². The molecule has 0 aliphatic heterocycles. The van der Waals surface area contributed by atoms with Gasteiger partial charge in [0, 0.05) is 22.5 Å². The zero-order valence-electron chi connectivity index (χ0n) is 8.75. The van der Waals surface area contributed by atoms with E-state index < -0.39 is 0 Å². The third-order valence-corrected chi connectivity index (χ3v) is 3.49. The highest BCUT2D eigenvalue weighted by molar-refractivity contribution is 14.1. The number of anilines is 1. The summed E-state index contributed by atoms with van der Waals surface area (Å²) in [6.45, 7) is 1.01. The third-order valence-electron chi connectivity index (χ3n) is 2.93. The van der Waals surface area contributed by atoms with Crippen molar-refractivity contribution in [3.05, 3.63) is 16.0 Å². The van der Waals surface area contributed by atoms with Crippen LogP contribution in [0.1, 0.15) is 32.1 Å². The lowest BCUT2D eigenvalue weighted by atomic mass is 10.0. The van der Waals surface area contributed by atoms with Crippen molar-refractivity contribution in [2.75, 3.05) is 11.9 Å². The normalized spacial score (nSPS) is 16.9. The molecule has 3 nitrogen and oxygen atoms in total. The van der Waals surface area contributed by atoms with Gasteiger partial charge in [0.15, 0.2) is 0 Å². The molecule has 0 atom stereocenters. The summed E-state index contributed by atoms with van der Waals surface area (Å²) in [5.41, 5.74) is 0. The van der Waals surface area contributed by atoms with Crippen LogP contribution in [0, 0.1) is 9.49 Å². The van der Waals surface area contributed by atoms with Crippen molar-refractivity contribution >= 4 is 28.5 Å². The van der Waals surface area contributed by atoms with Gasteiger partial charge in [0.25, 0.3) is 0 Å². The number of nitrogens with one attached hydrogen (secondary N) is 1. The monoisotopic (exact) mass is 317 g/mol. The van der Waals surface area contributed by atoms with E-state index in [0.29, 0.717) is 0 Å². The number of aromatic nitrogens is 2. The Balaban J connectivity index is 1.71. The van der Waals surface area contributed by atoms with E-state index in [2.05, 4.69) is 37.9 Å². The highest BCUT2D eigenvalue weighted by Crippen LogP contribution is 2.27. The van der Waals surface area contributed by atoms with E-state index in [0.717, 1.165) is 22.0 Å². The second kappa shape index (κ2) is 5.63. The van der Waals surface area contributed by atoms with Gasteiger partial charge in [-0.2, -0.15) is 0 Å². The Labute approximate surface area is 104 Å². The molecule has 1 aliphatic carbocycles. The molecule has 0 amide bonds. The lowest BCUT2D eigenvalue weighted by Gasteiger charge is -2.09. The Morgan fingerprint density at radius 1 is 1.27 bits per heavy atom. The van der Waals surface area contributed by atoms with Gasteiger partial charge in [0.05, 0.1) is 0 Å². The maximum Gasteiger partial charge on any atom is 0.222 e. The first-order chi connectivity index (χ1) is 7.34. The number of hydrogen-bond acceptors (Lipinski definition) is 3. The standard InChI is InChI=1S/C11H16IN3/c12-10-7-14-11(15-8-10)13-6-5-9-3-1-2-4-9/h7-9H,1-6H2,(H,13,14,15). The Morgan fingerprint density at radius 2 is 1.93 bits per heavy atom. The minimum atomic E-state index is 0.758. The quantitative estimate of drug-likeness (QED) is 0.867. The van der Waals surface area contributed by atoms with Gasteiger partial charge >= 0.3 is 0 Å². The Kier molecular flexibility index (Phi) is 4.17. The second-order valence-corrected chi connectivity index (χ2v) is 5.34. The van der Waals surface area contributed by atoms with Gasteiger partial charge in [-0.3, -0.25) is 0 Å². The average molecular weight is 317 g/mol. The Hall–Kier alpha value is -0.390. The highest BCUT2D eigenvalue weighted by atomic mass is 127. The first-order valence-electron chi connectivity index (χ1n) is 5.56. The van der Waals surface area contributed by atoms with Gasteiger partial charge in [0.1, 0.15) is 0 Å². The first-order valence-corrected chi connectivity index (χ1v) is 6.64. The largest absolute Gasteiger partial charge is 0.354 e. The molecule has 1 aliphatic rings. The van der Waals surface area contributed by atoms with Gasteiger partial charge < -0.3 is 5.32 Å². The lowest BCUT2D eigenvalue weighted by molar-refractivity contribution is 0.518. The van der Waals surface area contributed by atoms with Gasteiger partial charge in [-0.05, 0) is 34.9 Å². The number of halogens is 1. The average Bonchev–Trinajstić information content (AvgIpc) is 2.74. The van der Waals surface area contributed by atoms with Crippen LogP contribution < -0.4 is 5.32 Å². The molecule has 4 heteroatoms. The molecule has 0 radical (unpaired) electrons. The fourth-order valence-corrected chi connectivity index (χ4v) is 2.37. The molecule has 0 unspecified atom stereocenters. The zero-order valence-corrected chi connectivity index (χ0v) is 10.9. The molecule has 15 heavy (non-hydrogen) atoms. The summed E-state index contributed by atoms with van der Waals surface area (Å²) in [6.07, 6.45) is 10.6. The molecule has 0 saturated heterocycles. The molecule has 0 spiro atoms. The van der Waals surface area contributed by atoms with Gasteiger partial charge in [0.2, 0.25) is 5.95 Å². The summed E-state index contributed by atoms with van der Waals surface area (Å²) in [4.78, 5) is 8.43. The van der Waals surface area contributed by atoms with Crippen LogP contribution in [0.4, 0.5) is 5.95 Å².